The number of rotatable bonds is 4. The van der Waals surface area contributed by atoms with E-state index in [4.69, 9.17) is 0 Å². The molecule has 0 saturated heterocycles. The van der Waals surface area contributed by atoms with Gasteiger partial charge in [-0.15, -0.1) is 0 Å². The van der Waals surface area contributed by atoms with Gasteiger partial charge >= 0.3 is 0 Å². The Labute approximate surface area is 145 Å². The Kier molecular flexibility index (Phi) is 4.81. The molecule has 4 fully saturated rings. The monoisotopic (exact) mass is 316 g/mol. The lowest BCUT2D eigenvalue weighted by atomic mass is 9.55. The first-order chi connectivity index (χ1) is 11.3. The average molecular weight is 317 g/mol. The van der Waals surface area contributed by atoms with Crippen molar-refractivity contribution in [3.63, 3.8) is 0 Å². The molecule has 132 valence electrons. The van der Waals surface area contributed by atoms with Crippen molar-refractivity contribution in [2.45, 2.75) is 104 Å². The van der Waals surface area contributed by atoms with Gasteiger partial charge in [-0.3, -0.25) is 0 Å². The lowest BCUT2D eigenvalue weighted by Gasteiger charge is -2.50. The Morgan fingerprint density at radius 3 is 1.43 bits per heavy atom. The summed E-state index contributed by atoms with van der Waals surface area (Å²) in [5.41, 5.74) is 0.716. The fourth-order valence-corrected chi connectivity index (χ4v) is 8.47. The minimum atomic E-state index is 0.716. The van der Waals surface area contributed by atoms with Gasteiger partial charge < -0.3 is 0 Å². The third-order valence-electron chi connectivity index (χ3n) is 9.46. The smallest absolute Gasteiger partial charge is 0.0241 e. The first-order valence-corrected chi connectivity index (χ1v) is 11.3. The minimum absolute atomic E-state index is 0.716. The molecular formula is C23H40. The highest BCUT2D eigenvalue weighted by atomic mass is 14.6. The van der Waals surface area contributed by atoms with Crippen LogP contribution in [0.2, 0.25) is 0 Å². The predicted molar refractivity (Wildman–Crippen MR) is 99.4 cm³/mol. The molecule has 0 radical (unpaired) electrons. The van der Waals surface area contributed by atoms with Crippen LogP contribution in [-0.4, -0.2) is 0 Å². The summed E-state index contributed by atoms with van der Waals surface area (Å²) in [6.07, 6.45) is 21.7. The van der Waals surface area contributed by atoms with Gasteiger partial charge in [0.25, 0.3) is 0 Å². The Hall–Kier alpha value is 0. The van der Waals surface area contributed by atoms with E-state index in [1.165, 1.54) is 38.5 Å². The first-order valence-electron chi connectivity index (χ1n) is 11.3. The molecule has 4 rings (SSSR count). The zero-order valence-corrected chi connectivity index (χ0v) is 15.9. The number of hydrogen-bond acceptors (Lipinski definition) is 0. The second kappa shape index (κ2) is 6.72. The van der Waals surface area contributed by atoms with E-state index < -0.39 is 0 Å². The van der Waals surface area contributed by atoms with Crippen LogP contribution in [0.25, 0.3) is 0 Å². The standard InChI is InChI=1S/C23H40/c1-3-23(4-2,21-15-13-17-9-5-7-11-19(17)21)22-16-14-18-10-6-8-12-20(18)22/h17-22H,3-16H2,1-2H3/t17?,18?,19?,20?,21-,22-/m0/s1. The molecule has 23 heavy (non-hydrogen) atoms. The van der Waals surface area contributed by atoms with E-state index in [1.807, 2.05) is 0 Å². The van der Waals surface area contributed by atoms with Gasteiger partial charge in [0.1, 0.15) is 0 Å². The van der Waals surface area contributed by atoms with Gasteiger partial charge in [-0.25, -0.2) is 0 Å². The fourth-order valence-electron chi connectivity index (χ4n) is 8.47. The maximum absolute atomic E-state index is 2.57. The van der Waals surface area contributed by atoms with E-state index in [1.54, 1.807) is 51.4 Å². The second-order valence-electron chi connectivity index (χ2n) is 9.72. The third kappa shape index (κ3) is 2.62. The van der Waals surface area contributed by atoms with Crippen molar-refractivity contribution in [1.29, 1.82) is 0 Å². The third-order valence-corrected chi connectivity index (χ3v) is 9.46. The second-order valence-corrected chi connectivity index (χ2v) is 9.72. The predicted octanol–water partition coefficient (Wildman–Crippen LogP) is 7.23. The van der Waals surface area contributed by atoms with Crippen LogP contribution in [0, 0.1) is 40.9 Å². The van der Waals surface area contributed by atoms with Crippen LogP contribution in [0.5, 0.6) is 0 Å². The fraction of sp³-hybridized carbons (Fsp3) is 1.00. The number of hydrogen-bond donors (Lipinski definition) is 0. The van der Waals surface area contributed by atoms with Crippen LogP contribution in [0.3, 0.4) is 0 Å². The van der Waals surface area contributed by atoms with Gasteiger partial charge in [-0.1, -0.05) is 52.4 Å². The van der Waals surface area contributed by atoms with Gasteiger partial charge in [0.2, 0.25) is 0 Å². The quantitative estimate of drug-likeness (QED) is 0.513. The van der Waals surface area contributed by atoms with Gasteiger partial charge in [-0.2, -0.15) is 0 Å². The van der Waals surface area contributed by atoms with Crippen LogP contribution >= 0.6 is 0 Å². The van der Waals surface area contributed by atoms with Crippen molar-refractivity contribution in [3.05, 3.63) is 0 Å². The van der Waals surface area contributed by atoms with E-state index in [0.717, 1.165) is 35.5 Å². The van der Waals surface area contributed by atoms with Crippen molar-refractivity contribution >= 4 is 0 Å². The maximum Gasteiger partial charge on any atom is -0.0241 e. The highest BCUT2D eigenvalue weighted by molar-refractivity contribution is 5.04. The van der Waals surface area contributed by atoms with E-state index in [0.29, 0.717) is 5.41 Å². The zero-order chi connectivity index (χ0) is 15.9. The molecule has 0 aromatic heterocycles. The topological polar surface area (TPSA) is 0 Å². The molecular weight excluding hydrogens is 276 g/mol. The van der Waals surface area contributed by atoms with E-state index in [9.17, 15) is 0 Å². The molecule has 0 bridgehead atoms. The van der Waals surface area contributed by atoms with Gasteiger partial charge in [-0.05, 0) is 92.3 Å². The van der Waals surface area contributed by atoms with E-state index in [2.05, 4.69) is 13.8 Å². The van der Waals surface area contributed by atoms with Crippen LogP contribution < -0.4 is 0 Å². The van der Waals surface area contributed by atoms with Crippen molar-refractivity contribution < 1.29 is 0 Å². The lowest BCUT2D eigenvalue weighted by molar-refractivity contribution is -0.0118. The summed E-state index contributed by atoms with van der Waals surface area (Å²) in [5.74, 6) is 6.66. The van der Waals surface area contributed by atoms with Crippen LogP contribution in [0.4, 0.5) is 0 Å². The minimum Gasteiger partial charge on any atom is -0.0648 e. The molecule has 4 unspecified atom stereocenters. The number of fused-ring (bicyclic) bond motifs is 2. The molecule has 0 N–H and O–H groups in total. The summed E-state index contributed by atoms with van der Waals surface area (Å²) in [7, 11) is 0. The molecule has 0 heteroatoms. The normalized spacial score (nSPS) is 44.1. The van der Waals surface area contributed by atoms with E-state index >= 15 is 0 Å². The van der Waals surface area contributed by atoms with Crippen molar-refractivity contribution in [2.75, 3.05) is 0 Å². The molecule has 0 spiro atoms. The summed E-state index contributed by atoms with van der Waals surface area (Å²) in [6, 6.07) is 0. The van der Waals surface area contributed by atoms with Crippen LogP contribution in [0.1, 0.15) is 104 Å². The Morgan fingerprint density at radius 1 is 0.565 bits per heavy atom. The maximum atomic E-state index is 2.57. The SMILES string of the molecule is CCC(CC)([C@H]1CCC2CCCCC21)[C@H]1CCC2CCCCC21. The highest BCUT2D eigenvalue weighted by Crippen LogP contribution is 2.63. The van der Waals surface area contributed by atoms with Gasteiger partial charge in [0.15, 0.2) is 0 Å². The zero-order valence-electron chi connectivity index (χ0n) is 15.9. The van der Waals surface area contributed by atoms with E-state index in [-0.39, 0.29) is 0 Å². The lowest BCUT2D eigenvalue weighted by Crippen LogP contribution is -2.43. The van der Waals surface area contributed by atoms with Crippen molar-refractivity contribution in [3.8, 4) is 0 Å². The van der Waals surface area contributed by atoms with Crippen LogP contribution in [0.15, 0.2) is 0 Å². The van der Waals surface area contributed by atoms with Gasteiger partial charge in [0.05, 0.1) is 0 Å². The molecule has 0 aromatic carbocycles. The molecule has 4 aliphatic carbocycles. The summed E-state index contributed by atoms with van der Waals surface area (Å²) in [5, 5.41) is 0. The van der Waals surface area contributed by atoms with Crippen LogP contribution in [-0.2, 0) is 0 Å². The summed E-state index contributed by atoms with van der Waals surface area (Å²) in [6.45, 7) is 5.13. The Balaban J connectivity index is 1.61. The highest BCUT2D eigenvalue weighted by Gasteiger charge is 2.54. The van der Waals surface area contributed by atoms with Crippen molar-refractivity contribution in [1.82, 2.24) is 0 Å². The molecule has 0 aromatic rings. The summed E-state index contributed by atoms with van der Waals surface area (Å²) >= 11 is 0. The van der Waals surface area contributed by atoms with Gasteiger partial charge in [0, 0.05) is 0 Å². The molecule has 4 aliphatic rings. The largest absolute Gasteiger partial charge is 0.0648 e. The Morgan fingerprint density at radius 2 is 1.00 bits per heavy atom. The molecule has 6 atom stereocenters. The molecule has 4 saturated carbocycles. The molecule has 0 aliphatic heterocycles. The van der Waals surface area contributed by atoms with Crippen molar-refractivity contribution in [2.24, 2.45) is 40.9 Å². The molecule has 0 nitrogen and oxygen atoms in total. The summed E-state index contributed by atoms with van der Waals surface area (Å²) in [4.78, 5) is 0. The Bertz CT molecular complexity index is 359. The first kappa shape index (κ1) is 16.5. The molecule has 0 heterocycles. The summed E-state index contributed by atoms with van der Waals surface area (Å²) < 4.78 is 0. The average Bonchev–Trinajstić information content (AvgIpc) is 3.23. The molecule has 0 amide bonds.